The van der Waals surface area contributed by atoms with Gasteiger partial charge in [-0.15, -0.1) is 0 Å². The minimum Gasteiger partial charge on any atom is -0.465 e. The Morgan fingerprint density at radius 3 is 2.64 bits per heavy atom. The summed E-state index contributed by atoms with van der Waals surface area (Å²) < 4.78 is 0. The molecule has 1 aromatic carbocycles. The van der Waals surface area contributed by atoms with Crippen molar-refractivity contribution in [3.8, 4) is 0 Å². The lowest BCUT2D eigenvalue weighted by Gasteiger charge is -2.28. The summed E-state index contributed by atoms with van der Waals surface area (Å²) in [5.74, 6) is -0.693. The number of carboxylic acid groups (broad SMARTS) is 1. The Bertz CT molecular complexity index is 737. The highest BCUT2D eigenvalue weighted by Gasteiger charge is 2.25. The van der Waals surface area contributed by atoms with E-state index in [4.69, 9.17) is 5.73 Å². The molecule has 0 saturated carbocycles. The number of benzene rings is 1. The zero-order chi connectivity index (χ0) is 20.8. The highest BCUT2D eigenvalue weighted by molar-refractivity contribution is 6.01. The van der Waals surface area contributed by atoms with Gasteiger partial charge in [-0.25, -0.2) is 4.79 Å². The Labute approximate surface area is 164 Å². The van der Waals surface area contributed by atoms with Gasteiger partial charge in [0.15, 0.2) is 0 Å². The number of carbonyl (C=O) groups excluding carboxylic acids is 2. The number of hydrogen-bond donors (Lipinski definition) is 4. The SMILES string of the molecule is CC(C)NC(=O)CNC(=O)c1cc(N2CCCN(C(=O)O)C(C)C2)ccc1N. The van der Waals surface area contributed by atoms with Gasteiger partial charge in [0.25, 0.3) is 5.91 Å². The summed E-state index contributed by atoms with van der Waals surface area (Å²) in [6, 6.07) is 4.99. The molecule has 1 fully saturated rings. The van der Waals surface area contributed by atoms with Crippen molar-refractivity contribution in [3.05, 3.63) is 23.8 Å². The van der Waals surface area contributed by atoms with E-state index in [9.17, 15) is 19.5 Å². The normalized spacial score (nSPS) is 17.2. The maximum Gasteiger partial charge on any atom is 0.407 e. The lowest BCUT2D eigenvalue weighted by molar-refractivity contribution is -0.120. The highest BCUT2D eigenvalue weighted by Crippen LogP contribution is 2.24. The van der Waals surface area contributed by atoms with E-state index in [-0.39, 0.29) is 24.5 Å². The van der Waals surface area contributed by atoms with Crippen molar-refractivity contribution in [2.45, 2.75) is 39.3 Å². The lowest BCUT2D eigenvalue weighted by Crippen LogP contribution is -2.42. The molecular formula is C19H29N5O4. The summed E-state index contributed by atoms with van der Waals surface area (Å²) in [4.78, 5) is 39.0. The molecule has 5 N–H and O–H groups in total. The number of nitrogen functional groups attached to an aromatic ring is 1. The van der Waals surface area contributed by atoms with E-state index in [0.29, 0.717) is 37.3 Å². The Morgan fingerprint density at radius 1 is 1.29 bits per heavy atom. The van der Waals surface area contributed by atoms with Crippen molar-refractivity contribution in [2.75, 3.05) is 36.8 Å². The zero-order valence-electron chi connectivity index (χ0n) is 16.6. The van der Waals surface area contributed by atoms with Crippen LogP contribution in [0.3, 0.4) is 0 Å². The van der Waals surface area contributed by atoms with Crippen LogP contribution in [-0.2, 0) is 4.79 Å². The molecule has 1 aromatic rings. The van der Waals surface area contributed by atoms with Crippen molar-refractivity contribution in [3.63, 3.8) is 0 Å². The predicted octanol–water partition coefficient (Wildman–Crippen LogP) is 1.10. The molecule has 0 aliphatic carbocycles. The van der Waals surface area contributed by atoms with Gasteiger partial charge in [0, 0.05) is 43.1 Å². The fourth-order valence-corrected chi connectivity index (χ4v) is 3.25. The van der Waals surface area contributed by atoms with Crippen LogP contribution < -0.4 is 21.3 Å². The molecule has 1 aliphatic heterocycles. The Kier molecular flexibility index (Phi) is 7.08. The van der Waals surface area contributed by atoms with Crippen LogP contribution in [0.4, 0.5) is 16.2 Å². The molecule has 1 unspecified atom stereocenters. The molecule has 9 nitrogen and oxygen atoms in total. The number of hydrogen-bond acceptors (Lipinski definition) is 5. The average Bonchev–Trinajstić information content (AvgIpc) is 2.81. The van der Waals surface area contributed by atoms with Gasteiger partial charge in [-0.3, -0.25) is 9.59 Å². The van der Waals surface area contributed by atoms with E-state index in [1.54, 1.807) is 12.1 Å². The predicted molar refractivity (Wildman–Crippen MR) is 107 cm³/mol. The molecule has 154 valence electrons. The number of amides is 3. The topological polar surface area (TPSA) is 128 Å². The molecular weight excluding hydrogens is 362 g/mol. The van der Waals surface area contributed by atoms with E-state index in [0.717, 1.165) is 5.69 Å². The molecule has 1 heterocycles. The lowest BCUT2D eigenvalue weighted by atomic mass is 10.1. The molecule has 2 rings (SSSR count). The number of nitrogens with one attached hydrogen (secondary N) is 2. The quantitative estimate of drug-likeness (QED) is 0.557. The van der Waals surface area contributed by atoms with E-state index < -0.39 is 12.0 Å². The Hall–Kier alpha value is -2.97. The smallest absolute Gasteiger partial charge is 0.407 e. The third kappa shape index (κ3) is 5.51. The van der Waals surface area contributed by atoms with Crippen LogP contribution >= 0.6 is 0 Å². The molecule has 0 aromatic heterocycles. The largest absolute Gasteiger partial charge is 0.465 e. The van der Waals surface area contributed by atoms with Crippen LogP contribution in [0.5, 0.6) is 0 Å². The Morgan fingerprint density at radius 2 is 2.00 bits per heavy atom. The van der Waals surface area contributed by atoms with Gasteiger partial charge in [-0.2, -0.15) is 0 Å². The summed E-state index contributed by atoms with van der Waals surface area (Å²) >= 11 is 0. The van der Waals surface area contributed by atoms with Gasteiger partial charge in [0.1, 0.15) is 0 Å². The van der Waals surface area contributed by atoms with Gasteiger partial charge >= 0.3 is 6.09 Å². The molecule has 1 atom stereocenters. The van der Waals surface area contributed by atoms with Gasteiger partial charge in [0.2, 0.25) is 5.91 Å². The Balaban J connectivity index is 2.11. The van der Waals surface area contributed by atoms with Crippen molar-refractivity contribution in [2.24, 2.45) is 0 Å². The molecule has 0 spiro atoms. The summed E-state index contributed by atoms with van der Waals surface area (Å²) in [6.07, 6.45) is -0.232. The fourth-order valence-electron chi connectivity index (χ4n) is 3.25. The number of nitrogens with two attached hydrogens (primary N) is 1. The molecule has 9 heteroatoms. The molecule has 1 saturated heterocycles. The van der Waals surface area contributed by atoms with Crippen LogP contribution in [0.25, 0.3) is 0 Å². The number of nitrogens with zero attached hydrogens (tertiary/aromatic N) is 2. The first-order valence-electron chi connectivity index (χ1n) is 9.40. The van der Waals surface area contributed by atoms with Crippen molar-refractivity contribution < 1.29 is 19.5 Å². The second-order valence-corrected chi connectivity index (χ2v) is 7.30. The summed E-state index contributed by atoms with van der Waals surface area (Å²) in [5, 5.41) is 14.6. The first-order valence-corrected chi connectivity index (χ1v) is 9.40. The first-order chi connectivity index (χ1) is 13.2. The van der Waals surface area contributed by atoms with Crippen molar-refractivity contribution in [1.29, 1.82) is 0 Å². The summed E-state index contributed by atoms with van der Waals surface area (Å²) in [7, 11) is 0. The summed E-state index contributed by atoms with van der Waals surface area (Å²) in [6.45, 7) is 7.09. The monoisotopic (exact) mass is 391 g/mol. The van der Waals surface area contributed by atoms with Gasteiger partial charge in [0.05, 0.1) is 12.1 Å². The van der Waals surface area contributed by atoms with Gasteiger partial charge in [-0.05, 0) is 45.4 Å². The van der Waals surface area contributed by atoms with Crippen LogP contribution in [0.2, 0.25) is 0 Å². The maximum atomic E-state index is 12.5. The second-order valence-electron chi connectivity index (χ2n) is 7.30. The minimum atomic E-state index is -0.925. The fraction of sp³-hybridized carbons (Fsp3) is 0.526. The van der Waals surface area contributed by atoms with Gasteiger partial charge < -0.3 is 31.3 Å². The molecule has 3 amide bonds. The van der Waals surface area contributed by atoms with E-state index >= 15 is 0 Å². The molecule has 1 aliphatic rings. The number of anilines is 2. The van der Waals surface area contributed by atoms with Crippen LogP contribution in [0.15, 0.2) is 18.2 Å². The van der Waals surface area contributed by atoms with E-state index in [1.807, 2.05) is 26.8 Å². The van der Waals surface area contributed by atoms with Crippen LogP contribution in [-0.4, -0.2) is 66.2 Å². The van der Waals surface area contributed by atoms with Crippen LogP contribution in [0.1, 0.15) is 37.6 Å². The minimum absolute atomic E-state index is 0.00630. The highest BCUT2D eigenvalue weighted by atomic mass is 16.4. The van der Waals surface area contributed by atoms with Gasteiger partial charge in [-0.1, -0.05) is 0 Å². The maximum absolute atomic E-state index is 12.5. The van der Waals surface area contributed by atoms with Crippen LogP contribution in [0, 0.1) is 0 Å². The number of rotatable bonds is 5. The summed E-state index contributed by atoms with van der Waals surface area (Å²) in [5.41, 5.74) is 7.37. The first kappa shape index (κ1) is 21.3. The third-order valence-corrected chi connectivity index (χ3v) is 4.60. The number of carbonyl (C=O) groups is 3. The van der Waals surface area contributed by atoms with Crippen molar-refractivity contribution >= 4 is 29.3 Å². The molecule has 28 heavy (non-hydrogen) atoms. The zero-order valence-corrected chi connectivity index (χ0v) is 16.6. The van der Waals surface area contributed by atoms with E-state index in [2.05, 4.69) is 15.5 Å². The molecule has 0 radical (unpaired) electrons. The average molecular weight is 391 g/mol. The second kappa shape index (κ2) is 9.29. The standard InChI is InChI=1S/C19H29N5O4/c1-12(2)22-17(25)10-21-18(26)15-9-14(5-6-16(15)20)23-7-4-8-24(19(27)28)13(3)11-23/h5-6,9,12-13H,4,7-8,10-11,20H2,1-3H3,(H,21,26)(H,22,25)(H,27,28). The van der Waals surface area contributed by atoms with E-state index in [1.165, 1.54) is 4.90 Å². The molecule has 0 bridgehead atoms. The third-order valence-electron chi connectivity index (χ3n) is 4.60. The van der Waals surface area contributed by atoms with Crippen molar-refractivity contribution in [1.82, 2.24) is 15.5 Å².